The first-order valence-electron chi connectivity index (χ1n) is 10.7. The number of ether oxygens (including phenoxy) is 1. The summed E-state index contributed by atoms with van der Waals surface area (Å²) < 4.78 is 5.95. The number of hydrogen-bond donors (Lipinski definition) is 0. The Kier molecular flexibility index (Phi) is 7.68. The highest BCUT2D eigenvalue weighted by Crippen LogP contribution is 2.52. The predicted octanol–water partition coefficient (Wildman–Crippen LogP) is 6.83. The molecule has 0 aliphatic rings. The lowest BCUT2D eigenvalue weighted by Crippen LogP contribution is -2.26. The molecule has 0 amide bonds. The number of rotatable bonds is 8. The Morgan fingerprint density at radius 1 is 1.07 bits per heavy atom. The van der Waals surface area contributed by atoms with Gasteiger partial charge >= 0.3 is 0 Å². The van der Waals surface area contributed by atoms with Crippen molar-refractivity contribution >= 4 is 20.2 Å². The molecule has 158 valence electrons. The molecule has 2 aromatic carbocycles. The average Bonchev–Trinajstić information content (AvgIpc) is 2.67. The van der Waals surface area contributed by atoms with E-state index in [1.807, 2.05) is 13.0 Å². The van der Waals surface area contributed by atoms with Crippen LogP contribution in [0.4, 0.5) is 0 Å². The Labute approximate surface area is 179 Å². The van der Waals surface area contributed by atoms with Crippen molar-refractivity contribution in [3.63, 3.8) is 0 Å². The molecule has 0 N–H and O–H groups in total. The van der Waals surface area contributed by atoms with Gasteiger partial charge in [-0.05, 0) is 54.6 Å². The summed E-state index contributed by atoms with van der Waals surface area (Å²) >= 11 is 0. The van der Waals surface area contributed by atoms with Crippen molar-refractivity contribution in [1.82, 2.24) is 0 Å². The van der Waals surface area contributed by atoms with E-state index >= 15 is 0 Å². The lowest BCUT2D eigenvalue weighted by Gasteiger charge is -2.37. The molecule has 0 heterocycles. The molecule has 0 aliphatic carbocycles. The largest absolute Gasteiger partial charge is 0.496 e. The minimum atomic E-state index is -0.0425. The highest BCUT2D eigenvalue weighted by molar-refractivity contribution is 7.48. The van der Waals surface area contributed by atoms with Crippen molar-refractivity contribution in [2.75, 3.05) is 7.11 Å². The fourth-order valence-corrected chi connectivity index (χ4v) is 5.96. The molecule has 2 rings (SSSR count). The maximum absolute atomic E-state index is 11.8. The van der Waals surface area contributed by atoms with E-state index in [1.165, 1.54) is 16.7 Å². The van der Waals surface area contributed by atoms with Gasteiger partial charge in [0.1, 0.15) is 5.75 Å². The van der Waals surface area contributed by atoms with Crippen molar-refractivity contribution in [3.8, 4) is 5.75 Å². The van der Waals surface area contributed by atoms with E-state index in [-0.39, 0.29) is 10.6 Å². The van der Waals surface area contributed by atoms with Crippen LogP contribution in [0.25, 0.3) is 0 Å². The van der Waals surface area contributed by atoms with Gasteiger partial charge in [-0.2, -0.15) is 0 Å². The zero-order valence-electron chi connectivity index (χ0n) is 19.4. The molecule has 0 fully saturated rings. The van der Waals surface area contributed by atoms with Gasteiger partial charge in [-0.3, -0.25) is 4.79 Å². The van der Waals surface area contributed by atoms with Gasteiger partial charge in [0.2, 0.25) is 0 Å². The second-order valence-corrected chi connectivity index (χ2v) is 10.9. The second-order valence-electron chi connectivity index (χ2n) is 9.14. The summed E-state index contributed by atoms with van der Waals surface area (Å²) in [4.78, 5) is 11.8. The highest BCUT2D eigenvalue weighted by Gasteiger charge is 2.35. The van der Waals surface area contributed by atoms with Crippen molar-refractivity contribution in [3.05, 3.63) is 58.1 Å². The van der Waals surface area contributed by atoms with Gasteiger partial charge in [0.25, 0.3) is 0 Å². The SMILES string of the molecule is CCCC(CC)(Pc1ccc(C)cc1C=O)c1cc(C(C)(C)C)cc(C)c1OC. The topological polar surface area (TPSA) is 26.3 Å². The summed E-state index contributed by atoms with van der Waals surface area (Å²) in [6.07, 6.45) is 4.17. The molecule has 0 bridgehead atoms. The van der Waals surface area contributed by atoms with Crippen LogP contribution in [-0.4, -0.2) is 13.4 Å². The van der Waals surface area contributed by atoms with Crippen LogP contribution in [0.3, 0.4) is 0 Å². The molecule has 0 aromatic heterocycles. The first-order chi connectivity index (χ1) is 13.6. The number of benzene rings is 2. The van der Waals surface area contributed by atoms with Gasteiger partial charge in [-0.15, -0.1) is 0 Å². The van der Waals surface area contributed by atoms with E-state index in [4.69, 9.17) is 4.74 Å². The van der Waals surface area contributed by atoms with Crippen LogP contribution >= 0.6 is 8.58 Å². The molecule has 0 spiro atoms. The van der Waals surface area contributed by atoms with Crippen LogP contribution in [0.1, 0.15) is 86.5 Å². The fourth-order valence-electron chi connectivity index (χ4n) is 4.13. The molecule has 0 saturated carbocycles. The first kappa shape index (κ1) is 23.6. The molecule has 2 aromatic rings. The first-order valence-corrected chi connectivity index (χ1v) is 11.7. The molecule has 3 heteroatoms. The summed E-state index contributed by atoms with van der Waals surface area (Å²) in [7, 11) is 2.30. The van der Waals surface area contributed by atoms with E-state index < -0.39 is 0 Å². The highest BCUT2D eigenvalue weighted by atomic mass is 31.1. The molecule has 0 radical (unpaired) electrons. The number of carbonyl (C=O) groups excluding carboxylic acids is 1. The Morgan fingerprint density at radius 3 is 2.28 bits per heavy atom. The van der Waals surface area contributed by atoms with Crippen LogP contribution in [-0.2, 0) is 10.6 Å². The third-order valence-corrected chi connectivity index (χ3v) is 7.92. The standard InChI is InChI=1S/C26H37O2P/c1-9-13-26(10-2,29-23-12-11-18(3)14-20(23)17-27)22-16-21(25(5,6)7)15-19(4)24(22)28-8/h11-12,14-17,29H,9-10,13H2,1-8H3. The summed E-state index contributed by atoms with van der Waals surface area (Å²) in [5.41, 5.74) is 5.84. The van der Waals surface area contributed by atoms with Crippen molar-refractivity contribution < 1.29 is 9.53 Å². The van der Waals surface area contributed by atoms with Gasteiger partial charge in [0, 0.05) is 16.3 Å². The third-order valence-electron chi connectivity index (χ3n) is 5.85. The Balaban J connectivity index is 2.75. The van der Waals surface area contributed by atoms with Crippen LogP contribution < -0.4 is 10.0 Å². The molecule has 2 atom stereocenters. The Morgan fingerprint density at radius 2 is 1.76 bits per heavy atom. The smallest absolute Gasteiger partial charge is 0.150 e. The van der Waals surface area contributed by atoms with E-state index in [0.717, 1.165) is 47.7 Å². The molecule has 2 nitrogen and oxygen atoms in total. The summed E-state index contributed by atoms with van der Waals surface area (Å²) in [5, 5.41) is 1.11. The van der Waals surface area contributed by atoms with Crippen molar-refractivity contribution in [1.29, 1.82) is 0 Å². The van der Waals surface area contributed by atoms with E-state index in [9.17, 15) is 4.79 Å². The third kappa shape index (κ3) is 5.10. The molecule has 0 aliphatic heterocycles. The van der Waals surface area contributed by atoms with Crippen LogP contribution in [0.15, 0.2) is 30.3 Å². The van der Waals surface area contributed by atoms with Gasteiger partial charge < -0.3 is 4.74 Å². The maximum atomic E-state index is 11.8. The molecule has 0 saturated heterocycles. The predicted molar refractivity (Wildman–Crippen MR) is 128 cm³/mol. The van der Waals surface area contributed by atoms with E-state index in [0.29, 0.717) is 8.58 Å². The lowest BCUT2D eigenvalue weighted by molar-refractivity contribution is 0.112. The monoisotopic (exact) mass is 412 g/mol. The lowest BCUT2D eigenvalue weighted by atomic mass is 9.81. The van der Waals surface area contributed by atoms with Gasteiger partial charge in [-0.1, -0.05) is 79.4 Å². The molecular weight excluding hydrogens is 375 g/mol. The molecular formula is C26H37O2P. The van der Waals surface area contributed by atoms with E-state index in [2.05, 4.69) is 65.8 Å². The number of methoxy groups -OCH3 is 1. The quantitative estimate of drug-likeness (QED) is 0.351. The summed E-state index contributed by atoms with van der Waals surface area (Å²) in [6.45, 7) is 15.5. The van der Waals surface area contributed by atoms with Crippen LogP contribution in [0, 0.1) is 13.8 Å². The Bertz CT molecular complexity index is 864. The summed E-state index contributed by atoms with van der Waals surface area (Å²) in [6, 6.07) is 10.9. The fraction of sp³-hybridized carbons (Fsp3) is 0.500. The van der Waals surface area contributed by atoms with Crippen molar-refractivity contribution in [2.45, 2.75) is 78.3 Å². The minimum Gasteiger partial charge on any atom is -0.496 e. The van der Waals surface area contributed by atoms with Gasteiger partial charge in [0.15, 0.2) is 6.29 Å². The zero-order valence-corrected chi connectivity index (χ0v) is 20.4. The second kappa shape index (κ2) is 9.43. The van der Waals surface area contributed by atoms with Crippen molar-refractivity contribution in [2.24, 2.45) is 0 Å². The average molecular weight is 413 g/mol. The zero-order chi connectivity index (χ0) is 21.8. The van der Waals surface area contributed by atoms with Crippen LogP contribution in [0.5, 0.6) is 5.75 Å². The number of aryl methyl sites for hydroxylation is 2. The normalized spacial score (nSPS) is 14.2. The number of carbonyl (C=O) groups is 1. The molecule has 29 heavy (non-hydrogen) atoms. The van der Waals surface area contributed by atoms with E-state index in [1.54, 1.807) is 7.11 Å². The van der Waals surface area contributed by atoms with Crippen LogP contribution in [0.2, 0.25) is 0 Å². The molecule has 2 unspecified atom stereocenters. The minimum absolute atomic E-state index is 0.0425. The number of aldehydes is 1. The summed E-state index contributed by atoms with van der Waals surface area (Å²) in [5.74, 6) is 1.00. The maximum Gasteiger partial charge on any atom is 0.150 e. The van der Waals surface area contributed by atoms with Gasteiger partial charge in [0.05, 0.1) is 7.11 Å². The van der Waals surface area contributed by atoms with Gasteiger partial charge in [-0.25, -0.2) is 0 Å². The number of hydrogen-bond acceptors (Lipinski definition) is 2. The Hall–Kier alpha value is -1.66.